The SMILES string of the molecule is C[C@@H]1CC(n2ccc(-c3cc(N4C[C@@H](C)O[C@@H](C)C4)ncn3)n2)C[C@H](C)O1. The van der Waals surface area contributed by atoms with Crippen molar-refractivity contribution in [1.82, 2.24) is 19.7 Å². The topological polar surface area (TPSA) is 65.3 Å². The van der Waals surface area contributed by atoms with E-state index in [9.17, 15) is 0 Å². The first kappa shape index (κ1) is 18.4. The van der Waals surface area contributed by atoms with Crippen LogP contribution in [0.2, 0.25) is 0 Å². The van der Waals surface area contributed by atoms with E-state index in [4.69, 9.17) is 14.6 Å². The summed E-state index contributed by atoms with van der Waals surface area (Å²) in [5.41, 5.74) is 1.75. The van der Waals surface area contributed by atoms with Gasteiger partial charge in [0.1, 0.15) is 17.8 Å². The molecule has 2 aliphatic heterocycles. The van der Waals surface area contributed by atoms with Gasteiger partial charge in [-0.05, 0) is 46.6 Å². The van der Waals surface area contributed by atoms with Crippen molar-refractivity contribution in [2.24, 2.45) is 0 Å². The number of aromatic nitrogens is 4. The molecular formula is C20H29N5O2. The van der Waals surface area contributed by atoms with Gasteiger partial charge in [-0.15, -0.1) is 0 Å². The van der Waals surface area contributed by atoms with Crippen molar-refractivity contribution in [3.8, 4) is 11.4 Å². The van der Waals surface area contributed by atoms with E-state index in [0.29, 0.717) is 6.04 Å². The summed E-state index contributed by atoms with van der Waals surface area (Å²) in [5, 5.41) is 4.82. The van der Waals surface area contributed by atoms with Gasteiger partial charge in [0.25, 0.3) is 0 Å². The van der Waals surface area contributed by atoms with Crippen molar-refractivity contribution in [2.75, 3.05) is 18.0 Å². The molecule has 0 aromatic carbocycles. The minimum absolute atomic E-state index is 0.198. The highest BCUT2D eigenvalue weighted by Gasteiger charge is 2.27. The Morgan fingerprint density at radius 2 is 1.56 bits per heavy atom. The van der Waals surface area contributed by atoms with Gasteiger partial charge in [0.2, 0.25) is 0 Å². The third kappa shape index (κ3) is 4.14. The molecule has 146 valence electrons. The Kier molecular flexibility index (Phi) is 5.14. The van der Waals surface area contributed by atoms with Crippen LogP contribution in [0.4, 0.5) is 5.82 Å². The van der Waals surface area contributed by atoms with Gasteiger partial charge in [0.15, 0.2) is 0 Å². The smallest absolute Gasteiger partial charge is 0.132 e. The Morgan fingerprint density at radius 1 is 0.889 bits per heavy atom. The molecule has 0 bridgehead atoms. The van der Waals surface area contributed by atoms with Crippen LogP contribution >= 0.6 is 0 Å². The van der Waals surface area contributed by atoms with E-state index < -0.39 is 0 Å². The number of anilines is 1. The normalized spacial score (nSPS) is 31.9. The summed E-state index contributed by atoms with van der Waals surface area (Å²) < 4.78 is 13.8. The Labute approximate surface area is 160 Å². The van der Waals surface area contributed by atoms with E-state index in [0.717, 1.165) is 43.1 Å². The molecule has 7 heteroatoms. The van der Waals surface area contributed by atoms with E-state index in [1.165, 1.54) is 0 Å². The molecule has 27 heavy (non-hydrogen) atoms. The molecule has 2 saturated heterocycles. The van der Waals surface area contributed by atoms with Crippen LogP contribution in [0.25, 0.3) is 11.4 Å². The second-order valence-corrected chi connectivity index (χ2v) is 7.99. The fraction of sp³-hybridized carbons (Fsp3) is 0.650. The average Bonchev–Trinajstić information content (AvgIpc) is 3.10. The van der Waals surface area contributed by atoms with E-state index in [1.54, 1.807) is 6.33 Å². The van der Waals surface area contributed by atoms with Crippen LogP contribution in [0.5, 0.6) is 0 Å². The quantitative estimate of drug-likeness (QED) is 0.826. The van der Waals surface area contributed by atoms with E-state index in [1.807, 2.05) is 12.1 Å². The summed E-state index contributed by atoms with van der Waals surface area (Å²) in [6.07, 6.45) is 6.60. The molecule has 0 saturated carbocycles. The first-order valence-corrected chi connectivity index (χ1v) is 9.91. The maximum atomic E-state index is 5.85. The standard InChI is InChI=1S/C20H29N5O2/c1-13-7-17(8-14(2)26-13)25-6-5-18(23-25)19-9-20(22-12-21-19)24-10-15(3)27-16(4)11-24/h5-6,9,12-17H,7-8,10-11H2,1-4H3/t13-,14+,15-,16+,17?. The van der Waals surface area contributed by atoms with Crippen molar-refractivity contribution >= 4 is 5.82 Å². The number of ether oxygens (including phenoxy) is 2. The Balaban J connectivity index is 1.53. The molecule has 5 atom stereocenters. The van der Waals surface area contributed by atoms with Crippen LogP contribution in [0.1, 0.15) is 46.6 Å². The Morgan fingerprint density at radius 3 is 2.26 bits per heavy atom. The minimum atomic E-state index is 0.198. The second-order valence-electron chi connectivity index (χ2n) is 7.99. The number of hydrogen-bond acceptors (Lipinski definition) is 6. The molecule has 4 rings (SSSR count). The number of rotatable bonds is 3. The summed E-state index contributed by atoms with van der Waals surface area (Å²) in [6, 6.07) is 4.45. The largest absolute Gasteiger partial charge is 0.375 e. The maximum Gasteiger partial charge on any atom is 0.132 e. The van der Waals surface area contributed by atoms with Crippen molar-refractivity contribution in [1.29, 1.82) is 0 Å². The van der Waals surface area contributed by atoms with E-state index >= 15 is 0 Å². The van der Waals surface area contributed by atoms with Gasteiger partial charge in [-0.3, -0.25) is 4.68 Å². The fourth-order valence-corrected chi connectivity index (χ4v) is 4.29. The summed E-state index contributed by atoms with van der Waals surface area (Å²) >= 11 is 0. The number of morpholine rings is 1. The summed E-state index contributed by atoms with van der Waals surface area (Å²) in [5.74, 6) is 0.935. The molecule has 0 aliphatic carbocycles. The zero-order valence-electron chi connectivity index (χ0n) is 16.6. The minimum Gasteiger partial charge on any atom is -0.375 e. The fourth-order valence-electron chi connectivity index (χ4n) is 4.29. The van der Waals surface area contributed by atoms with Crippen LogP contribution in [0, 0.1) is 0 Å². The first-order chi connectivity index (χ1) is 13.0. The molecular weight excluding hydrogens is 342 g/mol. The Hall–Kier alpha value is -1.99. The summed E-state index contributed by atoms with van der Waals surface area (Å²) in [6.45, 7) is 10.1. The summed E-state index contributed by atoms with van der Waals surface area (Å²) in [4.78, 5) is 11.2. The second kappa shape index (κ2) is 7.56. The molecule has 2 fully saturated rings. The molecule has 2 aliphatic rings. The average molecular weight is 371 g/mol. The Bertz CT molecular complexity index is 759. The molecule has 1 unspecified atom stereocenters. The molecule has 7 nitrogen and oxygen atoms in total. The predicted octanol–water partition coefficient (Wildman–Crippen LogP) is 3.08. The van der Waals surface area contributed by atoms with Gasteiger partial charge in [-0.25, -0.2) is 9.97 Å². The molecule has 4 heterocycles. The number of hydrogen-bond donors (Lipinski definition) is 0. The summed E-state index contributed by atoms with van der Waals surface area (Å²) in [7, 11) is 0. The van der Waals surface area contributed by atoms with Crippen molar-refractivity contribution in [3.63, 3.8) is 0 Å². The van der Waals surface area contributed by atoms with Gasteiger partial charge in [0.05, 0.1) is 36.2 Å². The lowest BCUT2D eigenvalue weighted by molar-refractivity contribution is -0.0506. The highest BCUT2D eigenvalue weighted by atomic mass is 16.5. The maximum absolute atomic E-state index is 5.85. The van der Waals surface area contributed by atoms with E-state index in [2.05, 4.69) is 53.4 Å². The molecule has 0 N–H and O–H groups in total. The third-order valence-corrected chi connectivity index (χ3v) is 5.31. The lowest BCUT2D eigenvalue weighted by Gasteiger charge is -2.36. The van der Waals surface area contributed by atoms with Crippen LogP contribution in [-0.2, 0) is 9.47 Å². The third-order valence-electron chi connectivity index (χ3n) is 5.31. The predicted molar refractivity (Wildman–Crippen MR) is 104 cm³/mol. The zero-order valence-corrected chi connectivity index (χ0v) is 16.6. The van der Waals surface area contributed by atoms with Gasteiger partial charge in [0, 0.05) is 25.4 Å². The van der Waals surface area contributed by atoms with Crippen LogP contribution < -0.4 is 4.90 Å². The highest BCUT2D eigenvalue weighted by molar-refractivity contribution is 5.58. The molecule has 0 radical (unpaired) electrons. The lowest BCUT2D eigenvalue weighted by Crippen LogP contribution is -2.45. The van der Waals surface area contributed by atoms with E-state index in [-0.39, 0.29) is 24.4 Å². The number of nitrogens with zero attached hydrogens (tertiary/aromatic N) is 5. The van der Waals surface area contributed by atoms with Crippen LogP contribution in [0.15, 0.2) is 24.7 Å². The van der Waals surface area contributed by atoms with Gasteiger partial charge in [-0.1, -0.05) is 0 Å². The molecule has 0 spiro atoms. The van der Waals surface area contributed by atoms with Crippen molar-refractivity contribution < 1.29 is 9.47 Å². The van der Waals surface area contributed by atoms with Crippen LogP contribution in [0.3, 0.4) is 0 Å². The van der Waals surface area contributed by atoms with Crippen LogP contribution in [-0.4, -0.2) is 57.3 Å². The molecule has 2 aromatic rings. The van der Waals surface area contributed by atoms with Crippen molar-refractivity contribution in [2.45, 2.75) is 71.0 Å². The van der Waals surface area contributed by atoms with Gasteiger partial charge in [-0.2, -0.15) is 5.10 Å². The van der Waals surface area contributed by atoms with Crippen molar-refractivity contribution in [3.05, 3.63) is 24.7 Å². The van der Waals surface area contributed by atoms with Gasteiger partial charge >= 0.3 is 0 Å². The van der Waals surface area contributed by atoms with Gasteiger partial charge < -0.3 is 14.4 Å². The molecule has 2 aromatic heterocycles. The highest BCUT2D eigenvalue weighted by Crippen LogP contribution is 2.29. The monoisotopic (exact) mass is 371 g/mol. The molecule has 0 amide bonds. The lowest BCUT2D eigenvalue weighted by atomic mass is 10.0. The zero-order chi connectivity index (χ0) is 19.0. The first-order valence-electron chi connectivity index (χ1n) is 9.91.